The van der Waals surface area contributed by atoms with Crippen LogP contribution in [0.5, 0.6) is 0 Å². The molecule has 0 aliphatic carbocycles. The smallest absolute Gasteiger partial charge is 0.251 e. The molecule has 0 aliphatic heterocycles. The highest BCUT2D eigenvalue weighted by Crippen LogP contribution is 2.10. The Balaban J connectivity index is 2.06. The summed E-state index contributed by atoms with van der Waals surface area (Å²) in [7, 11) is 0. The predicted molar refractivity (Wildman–Crippen MR) is 66.8 cm³/mol. The number of rotatable bonds is 3. The molecule has 19 heavy (non-hydrogen) atoms. The van der Waals surface area contributed by atoms with E-state index in [2.05, 4.69) is 10.3 Å². The fraction of sp³-hybridized carbons (Fsp3) is 0.0769. The van der Waals surface area contributed by atoms with E-state index < -0.39 is 17.5 Å². The molecular weight excluding hydrogens is 274 g/mol. The fourth-order valence-electron chi connectivity index (χ4n) is 1.50. The first-order valence-electron chi connectivity index (χ1n) is 5.40. The molecule has 3 nitrogen and oxygen atoms in total. The van der Waals surface area contributed by atoms with Crippen LogP contribution in [0.1, 0.15) is 15.9 Å². The third-order valence-electron chi connectivity index (χ3n) is 2.44. The van der Waals surface area contributed by atoms with Crippen molar-refractivity contribution in [2.75, 3.05) is 0 Å². The summed E-state index contributed by atoms with van der Waals surface area (Å²) in [6, 6.07) is 5.93. The van der Waals surface area contributed by atoms with E-state index in [4.69, 9.17) is 11.6 Å². The third kappa shape index (κ3) is 3.48. The lowest BCUT2D eigenvalue weighted by Gasteiger charge is -2.06. The molecule has 1 aromatic carbocycles. The number of carbonyl (C=O) groups excluding carboxylic acids is 1. The monoisotopic (exact) mass is 282 g/mol. The first-order valence-corrected chi connectivity index (χ1v) is 5.78. The Morgan fingerprint density at radius 1 is 1.26 bits per heavy atom. The van der Waals surface area contributed by atoms with Gasteiger partial charge in [-0.05, 0) is 30.3 Å². The van der Waals surface area contributed by atoms with Crippen LogP contribution in [0.3, 0.4) is 0 Å². The van der Waals surface area contributed by atoms with E-state index in [-0.39, 0.29) is 17.3 Å². The summed E-state index contributed by atoms with van der Waals surface area (Å²) in [5.41, 5.74) is 0.380. The number of carbonyl (C=O) groups is 1. The second kappa shape index (κ2) is 5.75. The van der Waals surface area contributed by atoms with Gasteiger partial charge in [0.2, 0.25) is 0 Å². The van der Waals surface area contributed by atoms with Gasteiger partial charge in [0.05, 0.1) is 0 Å². The lowest BCUT2D eigenvalue weighted by Crippen LogP contribution is -2.23. The van der Waals surface area contributed by atoms with Crippen molar-refractivity contribution in [3.8, 4) is 0 Å². The van der Waals surface area contributed by atoms with Crippen molar-refractivity contribution >= 4 is 17.5 Å². The molecule has 0 atom stereocenters. The van der Waals surface area contributed by atoms with Crippen molar-refractivity contribution in [2.24, 2.45) is 0 Å². The summed E-state index contributed by atoms with van der Waals surface area (Å²) < 4.78 is 26.3. The molecule has 0 saturated heterocycles. The molecule has 0 spiro atoms. The van der Waals surface area contributed by atoms with Gasteiger partial charge in [-0.15, -0.1) is 0 Å². The molecular formula is C13H9ClF2N2O. The van der Waals surface area contributed by atoms with Crippen LogP contribution in [-0.2, 0) is 6.54 Å². The van der Waals surface area contributed by atoms with Crippen LogP contribution in [0.25, 0.3) is 0 Å². The average Bonchev–Trinajstić information content (AvgIpc) is 2.39. The van der Waals surface area contributed by atoms with Crippen molar-refractivity contribution in [2.45, 2.75) is 6.54 Å². The first-order chi connectivity index (χ1) is 9.06. The Bertz CT molecular complexity index is 619. The zero-order valence-corrected chi connectivity index (χ0v) is 10.4. The van der Waals surface area contributed by atoms with Gasteiger partial charge < -0.3 is 5.32 Å². The Morgan fingerprint density at radius 2 is 2.05 bits per heavy atom. The molecule has 0 saturated carbocycles. The summed E-state index contributed by atoms with van der Waals surface area (Å²) in [4.78, 5) is 15.5. The molecule has 0 fully saturated rings. The topological polar surface area (TPSA) is 42.0 Å². The molecule has 2 rings (SSSR count). The zero-order valence-electron chi connectivity index (χ0n) is 9.66. The van der Waals surface area contributed by atoms with E-state index in [1.165, 1.54) is 18.3 Å². The first kappa shape index (κ1) is 13.4. The standard InChI is InChI=1S/C13H9ClF2N2O/c14-12-6-8(3-4-17-12)13(19)18-7-9-5-10(15)1-2-11(9)16/h1-6H,7H2,(H,18,19). The molecule has 1 heterocycles. The van der Waals surface area contributed by atoms with Crippen molar-refractivity contribution in [1.82, 2.24) is 10.3 Å². The average molecular weight is 283 g/mol. The Kier molecular flexibility index (Phi) is 4.06. The van der Waals surface area contributed by atoms with E-state index in [1.807, 2.05) is 0 Å². The van der Waals surface area contributed by atoms with Crippen molar-refractivity contribution < 1.29 is 13.6 Å². The molecule has 6 heteroatoms. The number of aromatic nitrogens is 1. The van der Waals surface area contributed by atoms with E-state index in [0.717, 1.165) is 18.2 Å². The van der Waals surface area contributed by atoms with Gasteiger partial charge in [0, 0.05) is 23.9 Å². The van der Waals surface area contributed by atoms with Gasteiger partial charge in [0.25, 0.3) is 5.91 Å². The number of hydrogen-bond donors (Lipinski definition) is 1. The summed E-state index contributed by atoms with van der Waals surface area (Å²) in [6.45, 7) is -0.109. The van der Waals surface area contributed by atoms with Gasteiger partial charge in [0.15, 0.2) is 0 Å². The van der Waals surface area contributed by atoms with Crippen LogP contribution in [0.2, 0.25) is 5.15 Å². The minimum Gasteiger partial charge on any atom is -0.348 e. The number of amides is 1. The van der Waals surface area contributed by atoms with Crippen LogP contribution in [-0.4, -0.2) is 10.9 Å². The highest BCUT2D eigenvalue weighted by Gasteiger charge is 2.08. The summed E-state index contributed by atoms with van der Waals surface area (Å²) in [5, 5.41) is 2.66. The predicted octanol–water partition coefficient (Wildman–Crippen LogP) is 2.94. The maximum absolute atomic E-state index is 13.3. The van der Waals surface area contributed by atoms with Crippen LogP contribution in [0.4, 0.5) is 8.78 Å². The minimum atomic E-state index is -0.575. The zero-order chi connectivity index (χ0) is 13.8. The largest absolute Gasteiger partial charge is 0.348 e. The van der Waals surface area contributed by atoms with E-state index in [0.29, 0.717) is 5.56 Å². The van der Waals surface area contributed by atoms with Gasteiger partial charge in [-0.25, -0.2) is 13.8 Å². The van der Waals surface area contributed by atoms with Crippen LogP contribution in [0, 0.1) is 11.6 Å². The summed E-state index contributed by atoms with van der Waals surface area (Å²) >= 11 is 5.65. The second-order valence-corrected chi connectivity index (χ2v) is 4.17. The quantitative estimate of drug-likeness (QED) is 0.880. The number of nitrogens with zero attached hydrogens (tertiary/aromatic N) is 1. The molecule has 1 amide bonds. The SMILES string of the molecule is O=C(NCc1cc(F)ccc1F)c1ccnc(Cl)c1. The van der Waals surface area contributed by atoms with Crippen LogP contribution in [0.15, 0.2) is 36.5 Å². The van der Waals surface area contributed by atoms with Gasteiger partial charge in [-0.2, -0.15) is 0 Å². The molecule has 98 valence electrons. The Labute approximate surface area is 113 Å². The van der Waals surface area contributed by atoms with Crippen molar-refractivity contribution in [3.63, 3.8) is 0 Å². The van der Waals surface area contributed by atoms with Gasteiger partial charge in [0.1, 0.15) is 16.8 Å². The summed E-state index contributed by atoms with van der Waals surface area (Å²) in [6.07, 6.45) is 1.39. The highest BCUT2D eigenvalue weighted by molar-refractivity contribution is 6.29. The normalized spacial score (nSPS) is 10.3. The molecule has 0 aliphatic rings. The van der Waals surface area contributed by atoms with Gasteiger partial charge >= 0.3 is 0 Å². The Morgan fingerprint density at radius 3 is 2.79 bits per heavy atom. The second-order valence-electron chi connectivity index (χ2n) is 3.79. The number of hydrogen-bond acceptors (Lipinski definition) is 2. The highest BCUT2D eigenvalue weighted by atomic mass is 35.5. The van der Waals surface area contributed by atoms with Crippen molar-refractivity contribution in [1.29, 1.82) is 0 Å². The third-order valence-corrected chi connectivity index (χ3v) is 2.64. The number of benzene rings is 1. The van der Waals surface area contributed by atoms with E-state index in [1.54, 1.807) is 0 Å². The fourth-order valence-corrected chi connectivity index (χ4v) is 1.67. The lowest BCUT2D eigenvalue weighted by atomic mass is 10.2. The molecule has 1 N–H and O–H groups in total. The maximum atomic E-state index is 13.3. The Hall–Kier alpha value is -2.01. The van der Waals surface area contributed by atoms with Crippen LogP contribution < -0.4 is 5.32 Å². The molecule has 1 aromatic heterocycles. The number of pyridine rings is 1. The van der Waals surface area contributed by atoms with E-state index in [9.17, 15) is 13.6 Å². The molecule has 0 bridgehead atoms. The van der Waals surface area contributed by atoms with E-state index >= 15 is 0 Å². The molecule has 0 radical (unpaired) electrons. The lowest BCUT2D eigenvalue weighted by molar-refractivity contribution is 0.0950. The minimum absolute atomic E-state index is 0.0773. The maximum Gasteiger partial charge on any atom is 0.251 e. The number of halogens is 3. The van der Waals surface area contributed by atoms with Crippen LogP contribution >= 0.6 is 11.6 Å². The van der Waals surface area contributed by atoms with Crippen molar-refractivity contribution in [3.05, 3.63) is 64.4 Å². The summed E-state index contributed by atoms with van der Waals surface area (Å²) in [5.74, 6) is -1.57. The van der Waals surface area contributed by atoms with Gasteiger partial charge in [-0.3, -0.25) is 4.79 Å². The molecule has 0 unspecified atom stereocenters. The molecule has 2 aromatic rings. The van der Waals surface area contributed by atoms with Gasteiger partial charge in [-0.1, -0.05) is 11.6 Å². The number of nitrogens with one attached hydrogen (secondary N) is 1.